The first-order chi connectivity index (χ1) is 11.5. The first kappa shape index (κ1) is 16.2. The number of Topliss-reactive ketones (excluding diaryl/α,β-unsaturated/α-hetero) is 1. The van der Waals surface area contributed by atoms with Gasteiger partial charge in [0.25, 0.3) is 5.91 Å². The second-order valence-corrected chi connectivity index (χ2v) is 6.21. The Bertz CT molecular complexity index is 867. The lowest BCUT2D eigenvalue weighted by atomic mass is 10.1. The van der Waals surface area contributed by atoms with Crippen LogP contribution in [0.2, 0.25) is 0 Å². The van der Waals surface area contributed by atoms with Crippen molar-refractivity contribution >= 4 is 39.4 Å². The van der Waals surface area contributed by atoms with Crippen LogP contribution in [0.3, 0.4) is 0 Å². The van der Waals surface area contributed by atoms with E-state index in [9.17, 15) is 9.59 Å². The molecule has 120 valence electrons. The van der Waals surface area contributed by atoms with Gasteiger partial charge in [-0.25, -0.2) is 0 Å². The second kappa shape index (κ2) is 6.84. The monoisotopic (exact) mass is 383 g/mol. The van der Waals surface area contributed by atoms with E-state index < -0.39 is 0 Å². The van der Waals surface area contributed by atoms with Gasteiger partial charge in [-0.05, 0) is 61.5 Å². The standard InChI is InChI=1S/C19H14BrNO3/c1-12(22)13-2-5-17(6-3-13)21-19(23)14-8-9-24-18-7-4-16(20)11-15(18)10-14/h2-11H,1H3,(H,21,23). The Morgan fingerprint density at radius 3 is 2.54 bits per heavy atom. The van der Waals surface area contributed by atoms with Crippen LogP contribution in [0.15, 0.2) is 64.8 Å². The van der Waals surface area contributed by atoms with E-state index in [4.69, 9.17) is 4.74 Å². The summed E-state index contributed by atoms with van der Waals surface area (Å²) in [6.07, 6.45) is 4.88. The highest BCUT2D eigenvalue weighted by molar-refractivity contribution is 9.10. The van der Waals surface area contributed by atoms with Crippen LogP contribution in [-0.2, 0) is 4.79 Å². The molecule has 1 heterocycles. The van der Waals surface area contributed by atoms with E-state index in [1.165, 1.54) is 13.2 Å². The van der Waals surface area contributed by atoms with Crippen molar-refractivity contribution in [1.82, 2.24) is 0 Å². The molecule has 0 radical (unpaired) electrons. The van der Waals surface area contributed by atoms with Crippen LogP contribution in [0.4, 0.5) is 5.69 Å². The number of rotatable bonds is 3. The van der Waals surface area contributed by atoms with Crippen LogP contribution in [0.5, 0.6) is 5.75 Å². The number of halogens is 1. The van der Waals surface area contributed by atoms with Crippen molar-refractivity contribution in [2.75, 3.05) is 5.32 Å². The summed E-state index contributed by atoms with van der Waals surface area (Å²) in [5.41, 5.74) is 2.52. The minimum atomic E-state index is -0.252. The summed E-state index contributed by atoms with van der Waals surface area (Å²) < 4.78 is 6.41. The van der Waals surface area contributed by atoms with Crippen LogP contribution in [0, 0.1) is 0 Å². The molecule has 0 saturated heterocycles. The highest BCUT2D eigenvalue weighted by atomic mass is 79.9. The summed E-state index contributed by atoms with van der Waals surface area (Å²) in [7, 11) is 0. The molecule has 1 N–H and O–H groups in total. The lowest BCUT2D eigenvalue weighted by molar-refractivity contribution is -0.112. The molecule has 1 amide bonds. The third-order valence-electron chi connectivity index (χ3n) is 3.54. The molecule has 2 aromatic rings. The van der Waals surface area contributed by atoms with E-state index in [0.717, 1.165) is 10.0 Å². The summed E-state index contributed by atoms with van der Waals surface area (Å²) in [6, 6.07) is 12.4. The number of hydrogen-bond donors (Lipinski definition) is 1. The van der Waals surface area contributed by atoms with Crippen molar-refractivity contribution in [2.24, 2.45) is 0 Å². The maximum absolute atomic E-state index is 12.5. The summed E-state index contributed by atoms with van der Waals surface area (Å²) in [5, 5.41) is 2.81. The second-order valence-electron chi connectivity index (χ2n) is 5.29. The number of benzene rings is 2. The minimum absolute atomic E-state index is 0.0124. The van der Waals surface area contributed by atoms with Crippen molar-refractivity contribution in [3.05, 3.63) is 76.0 Å². The highest BCUT2D eigenvalue weighted by Gasteiger charge is 2.13. The van der Waals surface area contributed by atoms with Gasteiger partial charge >= 0.3 is 0 Å². The van der Waals surface area contributed by atoms with Crippen LogP contribution in [-0.4, -0.2) is 11.7 Å². The quantitative estimate of drug-likeness (QED) is 0.789. The molecule has 0 bridgehead atoms. The van der Waals surface area contributed by atoms with Gasteiger partial charge in [-0.2, -0.15) is 0 Å². The average Bonchev–Trinajstić information content (AvgIpc) is 2.77. The molecule has 2 aromatic carbocycles. The third-order valence-corrected chi connectivity index (χ3v) is 4.03. The maximum Gasteiger partial charge on any atom is 0.255 e. The number of fused-ring (bicyclic) bond motifs is 1. The normalized spacial score (nSPS) is 12.5. The van der Waals surface area contributed by atoms with Crippen molar-refractivity contribution in [3.63, 3.8) is 0 Å². The van der Waals surface area contributed by atoms with E-state index in [2.05, 4.69) is 21.2 Å². The Labute approximate surface area is 148 Å². The molecule has 4 nitrogen and oxygen atoms in total. The van der Waals surface area contributed by atoms with Gasteiger partial charge in [0, 0.05) is 26.9 Å². The van der Waals surface area contributed by atoms with E-state index >= 15 is 0 Å². The van der Waals surface area contributed by atoms with Crippen molar-refractivity contribution in [3.8, 4) is 5.75 Å². The Kier molecular flexibility index (Phi) is 4.62. The molecule has 1 aliphatic rings. The van der Waals surface area contributed by atoms with Gasteiger partial charge < -0.3 is 10.1 Å². The number of ketones is 1. The number of hydrogen-bond acceptors (Lipinski definition) is 3. The van der Waals surface area contributed by atoms with Crippen LogP contribution < -0.4 is 10.1 Å². The van der Waals surface area contributed by atoms with Crippen LogP contribution in [0.1, 0.15) is 22.8 Å². The van der Waals surface area contributed by atoms with Gasteiger partial charge in [0.05, 0.1) is 6.26 Å². The molecule has 0 aromatic heterocycles. The smallest absolute Gasteiger partial charge is 0.255 e. The first-order valence-electron chi connectivity index (χ1n) is 7.30. The average molecular weight is 384 g/mol. The van der Waals surface area contributed by atoms with Crippen molar-refractivity contribution < 1.29 is 14.3 Å². The Balaban J connectivity index is 1.82. The van der Waals surface area contributed by atoms with Gasteiger partial charge in [0.2, 0.25) is 0 Å². The summed E-state index contributed by atoms with van der Waals surface area (Å²) >= 11 is 3.41. The highest BCUT2D eigenvalue weighted by Crippen LogP contribution is 2.28. The number of carbonyl (C=O) groups is 2. The molecule has 0 fully saturated rings. The number of ether oxygens (including phenoxy) is 1. The van der Waals surface area contributed by atoms with Gasteiger partial charge in [-0.1, -0.05) is 15.9 Å². The molecule has 5 heteroatoms. The fraction of sp³-hybridized carbons (Fsp3) is 0.0526. The molecular weight excluding hydrogens is 370 g/mol. The molecule has 3 rings (SSSR count). The minimum Gasteiger partial charge on any atom is -0.464 e. The van der Waals surface area contributed by atoms with Crippen molar-refractivity contribution in [2.45, 2.75) is 6.92 Å². The number of carbonyl (C=O) groups excluding carboxylic acids is 2. The summed E-state index contributed by atoms with van der Waals surface area (Å²) in [4.78, 5) is 23.8. The lowest BCUT2D eigenvalue weighted by Gasteiger charge is -2.06. The fourth-order valence-corrected chi connectivity index (χ4v) is 2.65. The Morgan fingerprint density at radius 2 is 1.83 bits per heavy atom. The summed E-state index contributed by atoms with van der Waals surface area (Å²) in [5.74, 6) is 0.419. The lowest BCUT2D eigenvalue weighted by Crippen LogP contribution is -2.13. The molecule has 0 unspecified atom stereocenters. The van der Waals surface area contributed by atoms with Gasteiger partial charge in [0.15, 0.2) is 5.78 Å². The predicted octanol–water partition coefficient (Wildman–Crippen LogP) is 4.58. The fourth-order valence-electron chi connectivity index (χ4n) is 2.27. The largest absolute Gasteiger partial charge is 0.464 e. The van der Waals surface area contributed by atoms with E-state index in [0.29, 0.717) is 22.6 Å². The van der Waals surface area contributed by atoms with E-state index in [1.807, 2.05) is 18.2 Å². The molecule has 1 aliphatic heterocycles. The van der Waals surface area contributed by atoms with Gasteiger partial charge in [-0.3, -0.25) is 9.59 Å². The zero-order valence-corrected chi connectivity index (χ0v) is 14.5. The number of anilines is 1. The topological polar surface area (TPSA) is 55.4 Å². The predicted molar refractivity (Wildman–Crippen MR) is 97.0 cm³/mol. The Hall–Kier alpha value is -2.66. The molecule has 0 saturated carbocycles. The third kappa shape index (κ3) is 3.63. The number of amides is 1. The summed E-state index contributed by atoms with van der Waals surface area (Å²) in [6.45, 7) is 1.50. The van der Waals surface area contributed by atoms with Crippen LogP contribution >= 0.6 is 15.9 Å². The Morgan fingerprint density at radius 1 is 1.08 bits per heavy atom. The van der Waals surface area contributed by atoms with Gasteiger partial charge in [0.1, 0.15) is 5.75 Å². The zero-order chi connectivity index (χ0) is 17.1. The SMILES string of the molecule is CC(=O)c1ccc(NC(=O)C2=Cc3cc(Br)ccc3OC=C2)cc1. The molecule has 0 atom stereocenters. The maximum atomic E-state index is 12.5. The zero-order valence-electron chi connectivity index (χ0n) is 12.9. The molecular formula is C19H14BrNO3. The van der Waals surface area contributed by atoms with E-state index in [-0.39, 0.29) is 11.7 Å². The van der Waals surface area contributed by atoms with Crippen molar-refractivity contribution in [1.29, 1.82) is 0 Å². The number of nitrogens with one attached hydrogen (secondary N) is 1. The molecule has 0 aliphatic carbocycles. The van der Waals surface area contributed by atoms with Crippen LogP contribution in [0.25, 0.3) is 6.08 Å². The van der Waals surface area contributed by atoms with E-state index in [1.54, 1.807) is 36.4 Å². The molecule has 24 heavy (non-hydrogen) atoms. The van der Waals surface area contributed by atoms with Gasteiger partial charge in [-0.15, -0.1) is 0 Å². The molecule has 0 spiro atoms. The first-order valence-corrected chi connectivity index (χ1v) is 8.09.